The minimum Gasteiger partial charge on any atom is -0.480 e. The molecule has 92 valence electrons. The molecule has 16 heavy (non-hydrogen) atoms. The largest absolute Gasteiger partial charge is 0.480 e. The third kappa shape index (κ3) is 2.35. The fourth-order valence-corrected chi connectivity index (χ4v) is 1.81. The number of carbonyl (C=O) groups is 2. The summed E-state index contributed by atoms with van der Waals surface area (Å²) in [7, 11) is 0. The summed E-state index contributed by atoms with van der Waals surface area (Å²) >= 11 is 0. The minimum atomic E-state index is -1.04. The highest BCUT2D eigenvalue weighted by molar-refractivity contribution is 5.87. The summed E-state index contributed by atoms with van der Waals surface area (Å²) in [5.74, 6) is -1.24. The molecule has 2 N–H and O–H groups in total. The van der Waals surface area contributed by atoms with Crippen LogP contribution in [0.25, 0.3) is 0 Å². The van der Waals surface area contributed by atoms with E-state index in [2.05, 4.69) is 0 Å². The van der Waals surface area contributed by atoms with Crippen LogP contribution in [0.2, 0.25) is 0 Å². The van der Waals surface area contributed by atoms with Crippen molar-refractivity contribution in [3.63, 3.8) is 0 Å². The molecule has 0 aliphatic carbocycles. The second-order valence-corrected chi connectivity index (χ2v) is 4.94. The standard InChI is InChI=1S/C11H19NO4/c1-4-11(2,3)10(16)12-6-7(13)5-8(12)9(14)15/h7-8,13H,4-6H2,1-3H3,(H,14,15)/t7-,8+/m1/s1. The Labute approximate surface area is 95.1 Å². The predicted molar refractivity (Wildman–Crippen MR) is 57.8 cm³/mol. The van der Waals surface area contributed by atoms with Crippen LogP contribution in [0, 0.1) is 5.41 Å². The lowest BCUT2D eigenvalue weighted by atomic mass is 9.88. The number of aliphatic hydroxyl groups is 1. The summed E-state index contributed by atoms with van der Waals surface area (Å²) in [6.07, 6.45) is 0.0451. The zero-order chi connectivity index (χ0) is 12.5. The number of rotatable bonds is 3. The molecular formula is C11H19NO4. The molecule has 0 spiro atoms. The van der Waals surface area contributed by atoms with Gasteiger partial charge in [-0.3, -0.25) is 4.79 Å². The Kier molecular flexibility index (Phi) is 3.57. The highest BCUT2D eigenvalue weighted by Gasteiger charge is 2.43. The van der Waals surface area contributed by atoms with Gasteiger partial charge in [-0.1, -0.05) is 20.8 Å². The van der Waals surface area contributed by atoms with Gasteiger partial charge in [0.15, 0.2) is 0 Å². The van der Waals surface area contributed by atoms with Crippen LogP contribution in [0.15, 0.2) is 0 Å². The third-order valence-corrected chi connectivity index (χ3v) is 3.29. The summed E-state index contributed by atoms with van der Waals surface area (Å²) in [5, 5.41) is 18.4. The number of aliphatic carboxylic acids is 1. The van der Waals surface area contributed by atoms with E-state index in [4.69, 9.17) is 5.11 Å². The highest BCUT2D eigenvalue weighted by atomic mass is 16.4. The van der Waals surface area contributed by atoms with Crippen LogP contribution in [0.3, 0.4) is 0 Å². The fourth-order valence-electron chi connectivity index (χ4n) is 1.81. The average Bonchev–Trinajstić information content (AvgIpc) is 2.59. The van der Waals surface area contributed by atoms with Gasteiger partial charge in [-0.25, -0.2) is 4.79 Å². The summed E-state index contributed by atoms with van der Waals surface area (Å²) in [4.78, 5) is 24.4. The van der Waals surface area contributed by atoms with Crippen molar-refractivity contribution in [3.8, 4) is 0 Å². The lowest BCUT2D eigenvalue weighted by Gasteiger charge is -2.30. The van der Waals surface area contributed by atoms with E-state index in [9.17, 15) is 14.7 Å². The van der Waals surface area contributed by atoms with Gasteiger partial charge in [-0.2, -0.15) is 0 Å². The van der Waals surface area contributed by atoms with Gasteiger partial charge in [0, 0.05) is 18.4 Å². The van der Waals surface area contributed by atoms with Crippen LogP contribution < -0.4 is 0 Å². The molecule has 0 aromatic carbocycles. The van der Waals surface area contributed by atoms with Crippen LogP contribution >= 0.6 is 0 Å². The number of likely N-dealkylation sites (tertiary alicyclic amines) is 1. The highest BCUT2D eigenvalue weighted by Crippen LogP contribution is 2.28. The molecule has 5 heteroatoms. The molecule has 0 bridgehead atoms. The lowest BCUT2D eigenvalue weighted by molar-refractivity contribution is -0.152. The Balaban J connectivity index is 2.86. The maximum Gasteiger partial charge on any atom is 0.326 e. The first-order chi connectivity index (χ1) is 7.29. The van der Waals surface area contributed by atoms with E-state index in [1.54, 1.807) is 13.8 Å². The van der Waals surface area contributed by atoms with Gasteiger partial charge in [0.05, 0.1) is 6.10 Å². The summed E-state index contributed by atoms with van der Waals surface area (Å²) < 4.78 is 0. The monoisotopic (exact) mass is 229 g/mol. The van der Waals surface area contributed by atoms with Crippen molar-refractivity contribution in [3.05, 3.63) is 0 Å². The quantitative estimate of drug-likeness (QED) is 0.737. The molecule has 2 atom stereocenters. The maximum absolute atomic E-state index is 12.1. The number of nitrogens with zero attached hydrogens (tertiary/aromatic N) is 1. The molecule has 1 amide bonds. The van der Waals surface area contributed by atoms with Gasteiger partial charge in [0.25, 0.3) is 0 Å². The molecule has 1 saturated heterocycles. The number of aliphatic hydroxyl groups excluding tert-OH is 1. The molecule has 0 radical (unpaired) electrons. The van der Waals surface area contributed by atoms with E-state index in [-0.39, 0.29) is 18.9 Å². The Morgan fingerprint density at radius 3 is 2.44 bits per heavy atom. The maximum atomic E-state index is 12.1. The Bertz CT molecular complexity index is 300. The predicted octanol–water partition coefficient (Wildman–Crippen LogP) is 0.469. The number of carboxylic acid groups (broad SMARTS) is 1. The molecular weight excluding hydrogens is 210 g/mol. The second kappa shape index (κ2) is 4.41. The molecule has 1 rings (SSSR count). The first-order valence-electron chi connectivity index (χ1n) is 5.51. The van der Waals surface area contributed by atoms with Crippen LogP contribution in [0.4, 0.5) is 0 Å². The van der Waals surface area contributed by atoms with Crippen molar-refractivity contribution < 1.29 is 19.8 Å². The van der Waals surface area contributed by atoms with Crippen LogP contribution in [0.5, 0.6) is 0 Å². The van der Waals surface area contributed by atoms with Gasteiger partial charge >= 0.3 is 5.97 Å². The first kappa shape index (κ1) is 13.0. The van der Waals surface area contributed by atoms with Gasteiger partial charge < -0.3 is 15.1 Å². The number of β-amino-alcohol motifs (C(OH)–C–C–N with tert-alkyl or cyclic N) is 1. The lowest BCUT2D eigenvalue weighted by Crippen LogP contribution is -2.46. The molecule has 0 unspecified atom stereocenters. The van der Waals surface area contributed by atoms with Crippen molar-refractivity contribution in [1.82, 2.24) is 4.90 Å². The fraction of sp³-hybridized carbons (Fsp3) is 0.818. The second-order valence-electron chi connectivity index (χ2n) is 4.94. The van der Waals surface area contributed by atoms with Crippen molar-refractivity contribution in [1.29, 1.82) is 0 Å². The third-order valence-electron chi connectivity index (χ3n) is 3.29. The normalized spacial score (nSPS) is 25.9. The molecule has 0 saturated carbocycles. The van der Waals surface area contributed by atoms with Crippen LogP contribution in [-0.4, -0.2) is 45.7 Å². The molecule has 0 aromatic heterocycles. The van der Waals surface area contributed by atoms with E-state index in [0.29, 0.717) is 6.42 Å². The molecule has 1 heterocycles. The van der Waals surface area contributed by atoms with Gasteiger partial charge in [0.2, 0.25) is 5.91 Å². The molecule has 1 fully saturated rings. The minimum absolute atomic E-state index is 0.124. The molecule has 0 aromatic rings. The smallest absolute Gasteiger partial charge is 0.326 e. The van der Waals surface area contributed by atoms with E-state index < -0.39 is 23.5 Å². The Morgan fingerprint density at radius 1 is 1.44 bits per heavy atom. The first-order valence-corrected chi connectivity index (χ1v) is 5.51. The van der Waals surface area contributed by atoms with Crippen molar-refractivity contribution in [2.75, 3.05) is 6.54 Å². The summed E-state index contributed by atoms with van der Waals surface area (Å²) in [5.41, 5.74) is -0.572. The summed E-state index contributed by atoms with van der Waals surface area (Å²) in [6.45, 7) is 5.59. The topological polar surface area (TPSA) is 77.8 Å². The van der Waals surface area contributed by atoms with Crippen molar-refractivity contribution in [2.45, 2.75) is 45.8 Å². The van der Waals surface area contributed by atoms with Crippen molar-refractivity contribution >= 4 is 11.9 Å². The van der Waals surface area contributed by atoms with Crippen LogP contribution in [-0.2, 0) is 9.59 Å². The summed E-state index contributed by atoms with van der Waals surface area (Å²) in [6, 6.07) is -0.881. The van der Waals surface area contributed by atoms with Gasteiger partial charge in [-0.05, 0) is 6.42 Å². The molecule has 5 nitrogen and oxygen atoms in total. The SMILES string of the molecule is CCC(C)(C)C(=O)N1C[C@H](O)C[C@H]1C(=O)O. The number of hydrogen-bond acceptors (Lipinski definition) is 3. The van der Waals surface area contributed by atoms with E-state index >= 15 is 0 Å². The number of hydrogen-bond donors (Lipinski definition) is 2. The van der Waals surface area contributed by atoms with Crippen LogP contribution in [0.1, 0.15) is 33.6 Å². The number of carboxylic acids is 1. The van der Waals surface area contributed by atoms with Crippen molar-refractivity contribution in [2.24, 2.45) is 5.41 Å². The average molecular weight is 229 g/mol. The number of carbonyl (C=O) groups excluding carboxylic acids is 1. The Hall–Kier alpha value is -1.10. The zero-order valence-electron chi connectivity index (χ0n) is 9.93. The van der Waals surface area contributed by atoms with Gasteiger partial charge in [0.1, 0.15) is 6.04 Å². The van der Waals surface area contributed by atoms with E-state index in [0.717, 1.165) is 0 Å². The Morgan fingerprint density at radius 2 is 2.00 bits per heavy atom. The number of amides is 1. The van der Waals surface area contributed by atoms with E-state index in [1.807, 2.05) is 6.92 Å². The molecule has 1 aliphatic rings. The zero-order valence-corrected chi connectivity index (χ0v) is 9.93. The van der Waals surface area contributed by atoms with E-state index in [1.165, 1.54) is 4.90 Å². The van der Waals surface area contributed by atoms with Gasteiger partial charge in [-0.15, -0.1) is 0 Å². The molecule has 1 aliphatic heterocycles.